The molecule has 2 aromatic heterocycles. The third-order valence-electron chi connectivity index (χ3n) is 8.83. The molecule has 1 atom stereocenters. The van der Waals surface area contributed by atoms with Crippen molar-refractivity contribution in [3.8, 4) is 0 Å². The highest BCUT2D eigenvalue weighted by Gasteiger charge is 2.38. The van der Waals surface area contributed by atoms with Crippen molar-refractivity contribution in [3.05, 3.63) is 63.0 Å². The number of likely N-dealkylation sites (tertiary alicyclic amines) is 1. The van der Waals surface area contributed by atoms with Crippen molar-refractivity contribution < 1.29 is 22.7 Å². The van der Waals surface area contributed by atoms with Crippen LogP contribution in [0.5, 0.6) is 0 Å². The molecule has 1 amide bonds. The predicted molar refractivity (Wildman–Crippen MR) is 154 cm³/mol. The number of rotatable bonds is 9. The van der Waals surface area contributed by atoms with Crippen LogP contribution in [0.1, 0.15) is 66.0 Å². The summed E-state index contributed by atoms with van der Waals surface area (Å²) in [5, 5.41) is 3.61. The van der Waals surface area contributed by atoms with Gasteiger partial charge in [0.05, 0.1) is 17.2 Å². The number of aromatic nitrogens is 2. The first-order valence-corrected chi connectivity index (χ1v) is 15.3. The Morgan fingerprint density at radius 3 is 2.54 bits per heavy atom. The SMILES string of the molecule is CSc1cc(C)[nH]c(=O)c1CNC(=O)c1c(C)n([C@H](C)C2CCC(N3CC(OC(F)F)C3)CC2)c2cc(F)ccc12. The predicted octanol–water partition coefficient (Wildman–Crippen LogP) is 5.78. The monoisotopic (exact) mass is 590 g/mol. The fourth-order valence-corrected chi connectivity index (χ4v) is 7.38. The van der Waals surface area contributed by atoms with Crippen molar-refractivity contribution in [2.75, 3.05) is 19.3 Å². The molecule has 1 saturated carbocycles. The Morgan fingerprint density at radius 1 is 1.17 bits per heavy atom. The molecule has 1 saturated heterocycles. The van der Waals surface area contributed by atoms with Gasteiger partial charge in [-0.05, 0) is 82.9 Å². The zero-order valence-electron chi connectivity index (χ0n) is 23.8. The lowest BCUT2D eigenvalue weighted by Gasteiger charge is -2.46. The van der Waals surface area contributed by atoms with Gasteiger partial charge >= 0.3 is 6.61 Å². The van der Waals surface area contributed by atoms with E-state index in [1.54, 1.807) is 6.07 Å². The number of halogens is 3. The first-order chi connectivity index (χ1) is 19.6. The van der Waals surface area contributed by atoms with Crippen molar-refractivity contribution in [1.29, 1.82) is 0 Å². The molecule has 2 aliphatic rings. The van der Waals surface area contributed by atoms with Crippen LogP contribution in [0.4, 0.5) is 13.2 Å². The van der Waals surface area contributed by atoms with Gasteiger partial charge in [0.1, 0.15) is 5.82 Å². The van der Waals surface area contributed by atoms with Gasteiger partial charge < -0.3 is 19.6 Å². The molecule has 7 nitrogen and oxygen atoms in total. The van der Waals surface area contributed by atoms with Crippen LogP contribution < -0.4 is 10.9 Å². The fourth-order valence-electron chi connectivity index (χ4n) is 6.68. The average Bonchev–Trinajstić information content (AvgIpc) is 3.19. The number of hydrogen-bond donors (Lipinski definition) is 2. The maximum atomic E-state index is 14.5. The molecule has 1 aromatic carbocycles. The number of aromatic amines is 1. The van der Waals surface area contributed by atoms with Gasteiger partial charge in [-0.2, -0.15) is 8.78 Å². The Balaban J connectivity index is 1.33. The van der Waals surface area contributed by atoms with Gasteiger partial charge in [-0.3, -0.25) is 14.5 Å². The van der Waals surface area contributed by atoms with E-state index in [1.807, 2.05) is 26.2 Å². The molecule has 1 aliphatic heterocycles. The van der Waals surface area contributed by atoms with E-state index in [9.17, 15) is 22.8 Å². The van der Waals surface area contributed by atoms with Crippen LogP contribution in [0.3, 0.4) is 0 Å². The molecule has 3 aromatic rings. The molecule has 5 rings (SSSR count). The van der Waals surface area contributed by atoms with E-state index < -0.39 is 12.7 Å². The second kappa shape index (κ2) is 12.2. The average molecular weight is 591 g/mol. The summed E-state index contributed by atoms with van der Waals surface area (Å²) < 4.78 is 46.1. The smallest absolute Gasteiger partial charge is 0.345 e. The van der Waals surface area contributed by atoms with Crippen LogP contribution in [0.15, 0.2) is 34.0 Å². The Bertz CT molecular complexity index is 1480. The maximum Gasteiger partial charge on any atom is 0.345 e. The largest absolute Gasteiger partial charge is 0.348 e. The summed E-state index contributed by atoms with van der Waals surface area (Å²) in [6.45, 7) is 4.27. The molecule has 2 N–H and O–H groups in total. The van der Waals surface area contributed by atoms with Crippen molar-refractivity contribution in [3.63, 3.8) is 0 Å². The molecule has 0 radical (unpaired) electrons. The standard InChI is InChI=1S/C30H37F3N4O3S/c1-16-11-26(41-4)24(28(38)35-16)13-34-29(39)27-18(3)37(25-12-20(31)7-10-23(25)27)17(2)19-5-8-21(9-6-19)36-14-22(15-36)40-30(32)33/h7,10-12,17,19,21-22,30H,5-6,8-9,13-15H2,1-4H3,(H,34,39)(H,35,38)/t17-,19?,21?/m1/s1. The minimum Gasteiger partial charge on any atom is -0.348 e. The molecule has 0 unspecified atom stereocenters. The number of hydrogen-bond acceptors (Lipinski definition) is 5. The number of alkyl halides is 2. The topological polar surface area (TPSA) is 79.4 Å². The van der Waals surface area contributed by atoms with Crippen molar-refractivity contribution >= 4 is 28.6 Å². The van der Waals surface area contributed by atoms with Gasteiger partial charge in [-0.15, -0.1) is 11.8 Å². The summed E-state index contributed by atoms with van der Waals surface area (Å²) in [5.74, 6) is -0.350. The van der Waals surface area contributed by atoms with Gasteiger partial charge in [0, 0.05) is 59.0 Å². The molecular formula is C30H37F3N4O3S. The number of carbonyl (C=O) groups is 1. The third kappa shape index (κ3) is 6.08. The number of aryl methyl sites for hydroxylation is 1. The molecule has 222 valence electrons. The van der Waals surface area contributed by atoms with Gasteiger partial charge in [0.25, 0.3) is 11.5 Å². The van der Waals surface area contributed by atoms with Gasteiger partial charge in [0.2, 0.25) is 0 Å². The maximum absolute atomic E-state index is 14.5. The normalized spacial score (nSPS) is 20.9. The van der Waals surface area contributed by atoms with Crippen molar-refractivity contribution in [1.82, 2.24) is 19.8 Å². The first-order valence-electron chi connectivity index (χ1n) is 14.1. The number of H-pyrrole nitrogens is 1. The molecule has 0 bridgehead atoms. The number of ether oxygens (including phenoxy) is 1. The number of thioether (sulfide) groups is 1. The highest BCUT2D eigenvalue weighted by atomic mass is 32.2. The number of nitrogens with zero attached hydrogens (tertiary/aromatic N) is 2. The molecular weight excluding hydrogens is 553 g/mol. The minimum atomic E-state index is -2.73. The summed E-state index contributed by atoms with van der Waals surface area (Å²) >= 11 is 1.46. The van der Waals surface area contributed by atoms with Crippen molar-refractivity contribution in [2.45, 2.75) is 82.7 Å². The van der Waals surface area contributed by atoms with E-state index in [0.29, 0.717) is 47.1 Å². The van der Waals surface area contributed by atoms with E-state index >= 15 is 0 Å². The van der Waals surface area contributed by atoms with Crippen LogP contribution in [0.2, 0.25) is 0 Å². The Kier molecular flexibility index (Phi) is 8.87. The second-order valence-electron chi connectivity index (χ2n) is 11.3. The number of benzene rings is 1. The lowest BCUT2D eigenvalue weighted by molar-refractivity contribution is -0.202. The molecule has 1 aliphatic carbocycles. The minimum absolute atomic E-state index is 0.0242. The lowest BCUT2D eigenvalue weighted by Crippen LogP contribution is -2.57. The van der Waals surface area contributed by atoms with Crippen LogP contribution in [0.25, 0.3) is 10.9 Å². The molecule has 0 spiro atoms. The number of amides is 1. The summed E-state index contributed by atoms with van der Waals surface area (Å²) in [4.78, 5) is 32.0. The van der Waals surface area contributed by atoms with Gasteiger partial charge in [-0.1, -0.05) is 0 Å². The zero-order chi connectivity index (χ0) is 29.4. The zero-order valence-corrected chi connectivity index (χ0v) is 24.6. The van der Waals surface area contributed by atoms with Crippen LogP contribution in [-0.4, -0.2) is 58.5 Å². The van der Waals surface area contributed by atoms with E-state index in [0.717, 1.165) is 42.0 Å². The first kappa shape index (κ1) is 29.7. The summed E-state index contributed by atoms with van der Waals surface area (Å²) in [6, 6.07) is 6.78. The quantitative estimate of drug-likeness (QED) is 0.309. The van der Waals surface area contributed by atoms with E-state index in [-0.39, 0.29) is 29.9 Å². The molecule has 2 fully saturated rings. The summed E-state index contributed by atoms with van der Waals surface area (Å²) in [6.07, 6.45) is 5.32. The van der Waals surface area contributed by atoms with E-state index in [1.165, 1.54) is 23.9 Å². The van der Waals surface area contributed by atoms with Crippen LogP contribution in [0, 0.1) is 25.6 Å². The molecule has 3 heterocycles. The second-order valence-corrected chi connectivity index (χ2v) is 12.1. The van der Waals surface area contributed by atoms with E-state index in [2.05, 4.69) is 31.4 Å². The third-order valence-corrected chi connectivity index (χ3v) is 9.64. The van der Waals surface area contributed by atoms with Gasteiger partial charge in [-0.25, -0.2) is 4.39 Å². The summed E-state index contributed by atoms with van der Waals surface area (Å²) in [5.41, 5.74) is 2.96. The molecule has 41 heavy (non-hydrogen) atoms. The van der Waals surface area contributed by atoms with E-state index in [4.69, 9.17) is 0 Å². The van der Waals surface area contributed by atoms with Crippen LogP contribution >= 0.6 is 11.8 Å². The number of fused-ring (bicyclic) bond motifs is 1. The number of carbonyl (C=O) groups excluding carboxylic acids is 1. The fraction of sp³-hybridized carbons (Fsp3) is 0.533. The number of nitrogens with one attached hydrogen (secondary N) is 2. The Hall–Kier alpha value is -2.76. The van der Waals surface area contributed by atoms with Crippen molar-refractivity contribution in [2.24, 2.45) is 5.92 Å². The highest BCUT2D eigenvalue weighted by molar-refractivity contribution is 7.98. The Labute approximate surface area is 241 Å². The van der Waals surface area contributed by atoms with Crippen LogP contribution in [-0.2, 0) is 11.3 Å². The van der Waals surface area contributed by atoms with Gasteiger partial charge in [0.15, 0.2) is 0 Å². The Morgan fingerprint density at radius 2 is 1.88 bits per heavy atom. The highest BCUT2D eigenvalue weighted by Crippen LogP contribution is 2.40. The summed E-state index contributed by atoms with van der Waals surface area (Å²) in [7, 11) is 0. The number of pyridine rings is 1. The molecule has 11 heteroatoms. The lowest BCUT2D eigenvalue weighted by atomic mass is 9.80.